The molecule has 0 fully saturated rings. The average Bonchev–Trinajstić information content (AvgIpc) is 3.26. The summed E-state index contributed by atoms with van der Waals surface area (Å²) in [5.41, 5.74) is 7.00. The van der Waals surface area contributed by atoms with Crippen LogP contribution < -0.4 is 5.32 Å². The highest BCUT2D eigenvalue weighted by molar-refractivity contribution is 7.14. The lowest BCUT2D eigenvalue weighted by Crippen LogP contribution is -2.13. The Kier molecular flexibility index (Phi) is 5.15. The van der Waals surface area contributed by atoms with Gasteiger partial charge in [-0.05, 0) is 38.3 Å². The largest absolute Gasteiger partial charge is 0.302 e. The zero-order valence-corrected chi connectivity index (χ0v) is 17.8. The number of aromatic nitrogens is 4. The van der Waals surface area contributed by atoms with Gasteiger partial charge in [0.1, 0.15) is 0 Å². The van der Waals surface area contributed by atoms with Crippen molar-refractivity contribution in [3.05, 3.63) is 58.2 Å². The third-order valence-corrected chi connectivity index (χ3v) is 5.91. The van der Waals surface area contributed by atoms with E-state index < -0.39 is 0 Å². The highest BCUT2D eigenvalue weighted by Crippen LogP contribution is 2.27. The molecule has 0 atom stereocenters. The Bertz CT molecular complexity index is 1190. The van der Waals surface area contributed by atoms with Crippen LogP contribution in [0.1, 0.15) is 28.9 Å². The van der Waals surface area contributed by atoms with Crippen molar-refractivity contribution in [1.29, 1.82) is 0 Å². The average molecular weight is 406 g/mol. The molecule has 3 heterocycles. The Morgan fingerprint density at radius 1 is 1.10 bits per heavy atom. The van der Waals surface area contributed by atoms with Crippen LogP contribution in [0.15, 0.2) is 35.7 Å². The molecule has 0 unspecified atom stereocenters. The van der Waals surface area contributed by atoms with E-state index in [-0.39, 0.29) is 5.91 Å². The van der Waals surface area contributed by atoms with Gasteiger partial charge in [-0.1, -0.05) is 30.3 Å². The molecule has 3 aromatic heterocycles. The molecular weight excluding hydrogens is 382 g/mol. The second-order valence-electron chi connectivity index (χ2n) is 7.16. The van der Waals surface area contributed by atoms with Crippen molar-refractivity contribution in [3.8, 4) is 11.3 Å². The van der Waals surface area contributed by atoms with Gasteiger partial charge in [-0.25, -0.2) is 9.97 Å². The van der Waals surface area contributed by atoms with Crippen molar-refractivity contribution in [2.24, 2.45) is 7.05 Å². The SMILES string of the molecule is Cc1nc2c(c(C)nn2C)c(C)c1CCC(=O)Nc1nc(-c2ccccc2)cs1. The number of rotatable bonds is 5. The maximum atomic E-state index is 12.5. The van der Waals surface area contributed by atoms with Gasteiger partial charge in [-0.15, -0.1) is 11.3 Å². The van der Waals surface area contributed by atoms with Crippen LogP contribution in [-0.4, -0.2) is 25.7 Å². The number of nitrogens with one attached hydrogen (secondary N) is 1. The summed E-state index contributed by atoms with van der Waals surface area (Å²) < 4.78 is 1.81. The zero-order valence-electron chi connectivity index (χ0n) is 17.0. The minimum absolute atomic E-state index is 0.0410. The predicted molar refractivity (Wildman–Crippen MR) is 117 cm³/mol. The van der Waals surface area contributed by atoms with Crippen molar-refractivity contribution in [2.75, 3.05) is 5.32 Å². The molecule has 0 aliphatic carbocycles. The fraction of sp³-hybridized carbons (Fsp3) is 0.273. The summed E-state index contributed by atoms with van der Waals surface area (Å²) in [6, 6.07) is 9.95. The van der Waals surface area contributed by atoms with Gasteiger partial charge < -0.3 is 5.32 Å². The van der Waals surface area contributed by atoms with Crippen molar-refractivity contribution in [1.82, 2.24) is 19.7 Å². The van der Waals surface area contributed by atoms with Gasteiger partial charge in [-0.3, -0.25) is 9.48 Å². The monoisotopic (exact) mass is 405 g/mol. The van der Waals surface area contributed by atoms with Crippen LogP contribution in [0.4, 0.5) is 5.13 Å². The second-order valence-corrected chi connectivity index (χ2v) is 8.02. The number of hydrogen-bond donors (Lipinski definition) is 1. The third kappa shape index (κ3) is 3.78. The summed E-state index contributed by atoms with van der Waals surface area (Å²) >= 11 is 1.44. The lowest BCUT2D eigenvalue weighted by atomic mass is 9.99. The molecule has 0 spiro atoms. The molecule has 1 aromatic carbocycles. The van der Waals surface area contributed by atoms with Gasteiger partial charge in [0.05, 0.1) is 11.4 Å². The number of carbonyl (C=O) groups excluding carboxylic acids is 1. The fourth-order valence-corrected chi connectivity index (χ4v) is 4.46. The van der Waals surface area contributed by atoms with E-state index in [9.17, 15) is 4.79 Å². The number of aryl methyl sites for hydroxylation is 4. The number of anilines is 1. The van der Waals surface area contributed by atoms with Crippen LogP contribution in [-0.2, 0) is 18.3 Å². The lowest BCUT2D eigenvalue weighted by molar-refractivity contribution is -0.116. The van der Waals surface area contributed by atoms with Crippen molar-refractivity contribution in [3.63, 3.8) is 0 Å². The standard InChI is InChI=1S/C22H23N5OS/c1-13-17(14(2)23-21-20(13)15(3)26-27(21)4)10-11-19(28)25-22-24-18(12-29-22)16-8-6-5-7-9-16/h5-9,12H,10-11H2,1-4H3,(H,24,25,28). The van der Waals surface area contributed by atoms with Gasteiger partial charge >= 0.3 is 0 Å². The number of fused-ring (bicyclic) bond motifs is 1. The van der Waals surface area contributed by atoms with Crippen LogP contribution in [0.2, 0.25) is 0 Å². The van der Waals surface area contributed by atoms with Gasteiger partial charge in [0.25, 0.3) is 0 Å². The third-order valence-electron chi connectivity index (χ3n) is 5.15. The number of pyridine rings is 1. The molecule has 7 heteroatoms. The summed E-state index contributed by atoms with van der Waals surface area (Å²) in [5, 5.41) is 11.1. The predicted octanol–water partition coefficient (Wildman–Crippen LogP) is 4.59. The van der Waals surface area contributed by atoms with E-state index in [2.05, 4.69) is 22.3 Å². The maximum absolute atomic E-state index is 12.5. The molecule has 0 radical (unpaired) electrons. The lowest BCUT2D eigenvalue weighted by Gasteiger charge is -2.11. The van der Waals surface area contributed by atoms with Gasteiger partial charge in [0, 0.05) is 35.5 Å². The van der Waals surface area contributed by atoms with Crippen LogP contribution >= 0.6 is 11.3 Å². The van der Waals surface area contributed by atoms with Gasteiger partial charge in [-0.2, -0.15) is 5.10 Å². The molecule has 4 rings (SSSR count). The molecular formula is C22H23N5OS. The number of amides is 1. The topological polar surface area (TPSA) is 72.7 Å². The molecule has 29 heavy (non-hydrogen) atoms. The molecule has 0 aliphatic heterocycles. The van der Waals surface area contributed by atoms with E-state index in [1.807, 2.05) is 61.3 Å². The first-order valence-electron chi connectivity index (χ1n) is 9.54. The second kappa shape index (κ2) is 7.75. The first-order chi connectivity index (χ1) is 13.9. The molecule has 1 N–H and O–H groups in total. The Balaban J connectivity index is 1.47. The van der Waals surface area contributed by atoms with Crippen LogP contribution in [0, 0.1) is 20.8 Å². The Hall–Kier alpha value is -3.06. The molecule has 0 bridgehead atoms. The Morgan fingerprint density at radius 2 is 1.86 bits per heavy atom. The fourth-order valence-electron chi connectivity index (χ4n) is 3.72. The number of thiazole rings is 1. The summed E-state index contributed by atoms with van der Waals surface area (Å²) in [5.74, 6) is -0.0410. The molecule has 6 nitrogen and oxygen atoms in total. The number of carbonyl (C=O) groups is 1. The molecule has 148 valence electrons. The van der Waals surface area contributed by atoms with Crippen molar-refractivity contribution < 1.29 is 4.79 Å². The van der Waals surface area contributed by atoms with Crippen LogP contribution in [0.5, 0.6) is 0 Å². The summed E-state index contributed by atoms with van der Waals surface area (Å²) in [6.45, 7) is 6.08. The van der Waals surface area contributed by atoms with E-state index in [0.29, 0.717) is 18.0 Å². The summed E-state index contributed by atoms with van der Waals surface area (Å²) in [6.07, 6.45) is 1.02. The maximum Gasteiger partial charge on any atom is 0.226 e. The highest BCUT2D eigenvalue weighted by atomic mass is 32.1. The quantitative estimate of drug-likeness (QED) is 0.527. The zero-order chi connectivity index (χ0) is 20.5. The number of benzene rings is 1. The van der Waals surface area contributed by atoms with Crippen molar-refractivity contribution in [2.45, 2.75) is 33.6 Å². The molecule has 0 saturated carbocycles. The summed E-state index contributed by atoms with van der Waals surface area (Å²) in [7, 11) is 1.91. The molecule has 1 amide bonds. The van der Waals surface area contributed by atoms with Gasteiger partial charge in [0.15, 0.2) is 10.8 Å². The minimum Gasteiger partial charge on any atom is -0.302 e. The molecule has 4 aromatic rings. The normalized spacial score (nSPS) is 11.2. The minimum atomic E-state index is -0.0410. The first kappa shape index (κ1) is 19.3. The Labute approximate surface area is 173 Å². The van der Waals surface area contributed by atoms with E-state index in [1.54, 1.807) is 0 Å². The van der Waals surface area contributed by atoms with Crippen molar-refractivity contribution >= 4 is 33.4 Å². The first-order valence-corrected chi connectivity index (χ1v) is 10.4. The van der Waals surface area contributed by atoms with E-state index >= 15 is 0 Å². The van der Waals surface area contributed by atoms with E-state index in [1.165, 1.54) is 11.3 Å². The smallest absolute Gasteiger partial charge is 0.226 e. The van der Waals surface area contributed by atoms with Crippen LogP contribution in [0.25, 0.3) is 22.3 Å². The molecule has 0 saturated heterocycles. The van der Waals surface area contributed by atoms with Crippen LogP contribution in [0.3, 0.4) is 0 Å². The van der Waals surface area contributed by atoms with Gasteiger partial charge in [0.2, 0.25) is 5.91 Å². The Morgan fingerprint density at radius 3 is 2.62 bits per heavy atom. The number of hydrogen-bond acceptors (Lipinski definition) is 5. The highest BCUT2D eigenvalue weighted by Gasteiger charge is 2.16. The molecule has 0 aliphatic rings. The number of nitrogens with zero attached hydrogens (tertiary/aromatic N) is 4. The van der Waals surface area contributed by atoms with E-state index in [4.69, 9.17) is 4.98 Å². The van der Waals surface area contributed by atoms with E-state index in [0.717, 1.165) is 44.8 Å². The summed E-state index contributed by atoms with van der Waals surface area (Å²) in [4.78, 5) is 21.8.